The van der Waals surface area contributed by atoms with Crippen molar-refractivity contribution < 1.29 is 27.9 Å². The fraction of sp³-hybridized carbons (Fsp3) is 0.556. The Balaban J connectivity index is 1.98. The Morgan fingerprint density at radius 1 is 1.19 bits per heavy atom. The third-order valence-electron chi connectivity index (χ3n) is 4.66. The van der Waals surface area contributed by atoms with E-state index in [0.29, 0.717) is 0 Å². The number of hydrogen-bond donors (Lipinski definition) is 1. The number of carboxylic acid groups (broad SMARTS) is 1. The first-order valence-corrected chi connectivity index (χ1v) is 9.17. The van der Waals surface area contributed by atoms with Crippen LogP contribution >= 0.6 is 11.8 Å². The summed E-state index contributed by atoms with van der Waals surface area (Å²) in [4.78, 5) is 25.2. The fourth-order valence-corrected chi connectivity index (χ4v) is 3.64. The first-order valence-electron chi connectivity index (χ1n) is 8.18. The monoisotopic (exact) mass is 389 g/mol. The molecular weight excluding hydrogens is 367 g/mol. The minimum absolute atomic E-state index is 0.00627. The van der Waals surface area contributed by atoms with E-state index in [1.807, 2.05) is 24.3 Å². The number of benzene rings is 1. The van der Waals surface area contributed by atoms with Crippen LogP contribution in [0.25, 0.3) is 0 Å². The molecule has 0 spiro atoms. The zero-order valence-corrected chi connectivity index (χ0v) is 15.7. The minimum atomic E-state index is -4.89. The molecule has 1 unspecified atom stereocenters. The lowest BCUT2D eigenvalue weighted by atomic mass is 9.86. The molecule has 1 aliphatic heterocycles. The molecular formula is C18H22F3NO3S. The van der Waals surface area contributed by atoms with Gasteiger partial charge < -0.3 is 10.0 Å². The molecule has 0 bridgehead atoms. The average Bonchev–Trinajstić information content (AvgIpc) is 2.99. The molecule has 4 nitrogen and oxygen atoms in total. The maximum Gasteiger partial charge on any atom is 0.406 e. The van der Waals surface area contributed by atoms with E-state index < -0.39 is 36.4 Å². The molecule has 1 heterocycles. The van der Waals surface area contributed by atoms with E-state index in [9.17, 15) is 22.8 Å². The molecule has 1 atom stereocenters. The maximum absolute atomic E-state index is 13.2. The standard InChI is InChI=1S/C18H22F3NO3S/c1-16(2,3)12-4-6-13(7-5-12)26-10-14(23)22-9-8-17(11-22,15(24)25)18(19,20)21/h4-7H,8-11H2,1-3H3,(H,24,25). The predicted molar refractivity (Wildman–Crippen MR) is 93.2 cm³/mol. The van der Waals surface area contributed by atoms with Gasteiger partial charge in [0, 0.05) is 18.0 Å². The van der Waals surface area contributed by atoms with Gasteiger partial charge in [-0.15, -0.1) is 11.8 Å². The number of likely N-dealkylation sites (tertiary alicyclic amines) is 1. The largest absolute Gasteiger partial charge is 0.481 e. The van der Waals surface area contributed by atoms with Crippen LogP contribution in [0.4, 0.5) is 13.2 Å². The number of alkyl halides is 3. The van der Waals surface area contributed by atoms with Crippen LogP contribution in [0.1, 0.15) is 32.8 Å². The normalized spacial score (nSPS) is 21.1. The Hall–Kier alpha value is -1.70. The highest BCUT2D eigenvalue weighted by Gasteiger charge is 2.64. The summed E-state index contributed by atoms with van der Waals surface area (Å²) in [6, 6.07) is 7.67. The Morgan fingerprint density at radius 3 is 2.19 bits per heavy atom. The van der Waals surface area contributed by atoms with Crippen molar-refractivity contribution in [2.24, 2.45) is 5.41 Å². The van der Waals surface area contributed by atoms with Gasteiger partial charge in [-0.25, -0.2) is 0 Å². The van der Waals surface area contributed by atoms with Crippen molar-refractivity contribution in [2.75, 3.05) is 18.8 Å². The van der Waals surface area contributed by atoms with Crippen LogP contribution in [-0.2, 0) is 15.0 Å². The molecule has 1 fully saturated rings. The fourth-order valence-electron chi connectivity index (χ4n) is 2.84. The van der Waals surface area contributed by atoms with Gasteiger partial charge in [0.25, 0.3) is 0 Å². The number of rotatable bonds is 4. The minimum Gasteiger partial charge on any atom is -0.481 e. The van der Waals surface area contributed by atoms with Gasteiger partial charge in [0.2, 0.25) is 5.91 Å². The van der Waals surface area contributed by atoms with E-state index in [1.165, 1.54) is 11.8 Å². The molecule has 0 aromatic heterocycles. The lowest BCUT2D eigenvalue weighted by molar-refractivity contribution is -0.227. The molecule has 2 rings (SSSR count). The van der Waals surface area contributed by atoms with E-state index >= 15 is 0 Å². The van der Waals surface area contributed by atoms with Crippen molar-refractivity contribution in [3.05, 3.63) is 29.8 Å². The number of carbonyl (C=O) groups excluding carboxylic acids is 1. The molecule has 0 radical (unpaired) electrons. The van der Waals surface area contributed by atoms with E-state index in [0.717, 1.165) is 15.4 Å². The van der Waals surface area contributed by atoms with E-state index in [-0.39, 0.29) is 17.7 Å². The lowest BCUT2D eigenvalue weighted by Gasteiger charge is -2.27. The molecule has 1 N–H and O–H groups in total. The summed E-state index contributed by atoms with van der Waals surface area (Å²) in [6.45, 7) is 5.23. The second-order valence-electron chi connectivity index (χ2n) is 7.51. The summed E-state index contributed by atoms with van der Waals surface area (Å²) >= 11 is 1.23. The molecule has 8 heteroatoms. The number of nitrogens with zero attached hydrogens (tertiary/aromatic N) is 1. The molecule has 0 saturated carbocycles. The van der Waals surface area contributed by atoms with Crippen molar-refractivity contribution in [2.45, 2.75) is 43.7 Å². The molecule has 0 aliphatic carbocycles. The summed E-state index contributed by atoms with van der Waals surface area (Å²) in [5.74, 6) is -2.43. The summed E-state index contributed by atoms with van der Waals surface area (Å²) in [6.07, 6.45) is -5.49. The van der Waals surface area contributed by atoms with Crippen LogP contribution in [-0.4, -0.2) is 46.9 Å². The van der Waals surface area contributed by atoms with Crippen molar-refractivity contribution in [3.63, 3.8) is 0 Å². The summed E-state index contributed by atoms with van der Waals surface area (Å²) in [5.41, 5.74) is -1.71. The van der Waals surface area contributed by atoms with Gasteiger partial charge in [-0.2, -0.15) is 13.2 Å². The van der Waals surface area contributed by atoms with Crippen LogP contribution in [0.2, 0.25) is 0 Å². The quantitative estimate of drug-likeness (QED) is 0.793. The van der Waals surface area contributed by atoms with Crippen molar-refractivity contribution >= 4 is 23.6 Å². The summed E-state index contributed by atoms with van der Waals surface area (Å²) < 4.78 is 39.5. The third kappa shape index (κ3) is 4.16. The van der Waals surface area contributed by atoms with E-state index in [2.05, 4.69) is 20.8 Å². The summed E-state index contributed by atoms with van der Waals surface area (Å²) in [5, 5.41) is 9.04. The van der Waals surface area contributed by atoms with Gasteiger partial charge >= 0.3 is 12.1 Å². The zero-order valence-electron chi connectivity index (χ0n) is 14.9. The van der Waals surface area contributed by atoms with Crippen LogP contribution in [0, 0.1) is 5.41 Å². The second kappa shape index (κ2) is 7.13. The highest BCUT2D eigenvalue weighted by Crippen LogP contribution is 2.45. The Morgan fingerprint density at radius 2 is 1.77 bits per heavy atom. The second-order valence-corrected chi connectivity index (χ2v) is 8.56. The average molecular weight is 389 g/mol. The highest BCUT2D eigenvalue weighted by molar-refractivity contribution is 8.00. The van der Waals surface area contributed by atoms with Gasteiger partial charge in [-0.05, 0) is 29.5 Å². The number of hydrogen-bond acceptors (Lipinski definition) is 3. The SMILES string of the molecule is CC(C)(C)c1ccc(SCC(=O)N2CCC(C(=O)O)(C(F)(F)F)C2)cc1. The third-order valence-corrected chi connectivity index (χ3v) is 5.65. The topological polar surface area (TPSA) is 57.6 Å². The van der Waals surface area contributed by atoms with E-state index in [1.54, 1.807) is 0 Å². The van der Waals surface area contributed by atoms with Crippen LogP contribution in [0.5, 0.6) is 0 Å². The molecule has 1 aliphatic rings. The first kappa shape index (κ1) is 20.6. The van der Waals surface area contributed by atoms with E-state index in [4.69, 9.17) is 5.11 Å². The van der Waals surface area contributed by atoms with Gasteiger partial charge in [0.15, 0.2) is 5.41 Å². The van der Waals surface area contributed by atoms with Crippen LogP contribution < -0.4 is 0 Å². The summed E-state index contributed by atoms with van der Waals surface area (Å²) in [7, 11) is 0. The van der Waals surface area contributed by atoms with Crippen LogP contribution in [0.15, 0.2) is 29.2 Å². The molecule has 1 amide bonds. The van der Waals surface area contributed by atoms with Crippen molar-refractivity contribution in [3.8, 4) is 0 Å². The highest BCUT2D eigenvalue weighted by atomic mass is 32.2. The zero-order chi connectivity index (χ0) is 19.8. The number of carbonyl (C=O) groups is 2. The number of carboxylic acids is 1. The van der Waals surface area contributed by atoms with Gasteiger partial charge in [-0.3, -0.25) is 9.59 Å². The smallest absolute Gasteiger partial charge is 0.406 e. The maximum atomic E-state index is 13.2. The first-order chi connectivity index (χ1) is 11.9. The molecule has 144 valence electrons. The number of amides is 1. The lowest BCUT2D eigenvalue weighted by Crippen LogP contribution is -2.47. The predicted octanol–water partition coefficient (Wildman–Crippen LogP) is 3.94. The number of aliphatic carboxylic acids is 1. The van der Waals surface area contributed by atoms with Crippen LogP contribution in [0.3, 0.4) is 0 Å². The number of thioether (sulfide) groups is 1. The van der Waals surface area contributed by atoms with Gasteiger partial charge in [0.05, 0.1) is 5.75 Å². The Bertz CT molecular complexity index is 682. The van der Waals surface area contributed by atoms with Gasteiger partial charge in [-0.1, -0.05) is 32.9 Å². The van der Waals surface area contributed by atoms with Gasteiger partial charge in [0.1, 0.15) is 0 Å². The van der Waals surface area contributed by atoms with Crippen molar-refractivity contribution in [1.29, 1.82) is 0 Å². The number of halogens is 3. The molecule has 1 aromatic rings. The van der Waals surface area contributed by atoms with Crippen molar-refractivity contribution in [1.82, 2.24) is 4.90 Å². The molecule has 1 aromatic carbocycles. The Labute approximate surface area is 154 Å². The molecule has 26 heavy (non-hydrogen) atoms. The Kier molecular flexibility index (Phi) is 5.66. The molecule has 1 saturated heterocycles.